The smallest absolute Gasteiger partial charge is 0.170 e. The van der Waals surface area contributed by atoms with Crippen molar-refractivity contribution in [1.29, 1.82) is 0 Å². The number of aromatic hydroxyl groups is 1. The Balaban J connectivity index is 2.19. The summed E-state index contributed by atoms with van der Waals surface area (Å²) in [4.78, 5) is 12.2. The summed E-state index contributed by atoms with van der Waals surface area (Å²) in [6.45, 7) is 2.12. The molecule has 0 saturated heterocycles. The fourth-order valence-electron chi connectivity index (χ4n) is 3.72. The lowest BCUT2D eigenvalue weighted by Crippen LogP contribution is -2.36. The van der Waals surface area contributed by atoms with Crippen LogP contribution in [0.5, 0.6) is 5.75 Å². The summed E-state index contributed by atoms with van der Waals surface area (Å²) < 4.78 is 13.9. The van der Waals surface area contributed by atoms with E-state index in [9.17, 15) is 14.3 Å². The van der Waals surface area contributed by atoms with E-state index in [-0.39, 0.29) is 21.0 Å². The summed E-state index contributed by atoms with van der Waals surface area (Å²) >= 11 is 9.87. The number of alkyl halides is 1. The molecule has 118 valence electrons. The van der Waals surface area contributed by atoms with Crippen LogP contribution in [0, 0.1) is 11.2 Å². The van der Waals surface area contributed by atoms with Crippen LogP contribution in [0.4, 0.5) is 4.39 Å². The lowest BCUT2D eigenvalue weighted by molar-refractivity contribution is -0.115. The molecule has 2 aliphatic rings. The molecule has 2 nitrogen and oxygen atoms in total. The molecule has 5 heteroatoms. The number of phenols is 1. The van der Waals surface area contributed by atoms with Crippen molar-refractivity contribution in [2.45, 2.75) is 43.9 Å². The van der Waals surface area contributed by atoms with E-state index in [2.05, 4.69) is 22.9 Å². The molecule has 2 aliphatic carbocycles. The minimum atomic E-state index is -0.735. The Morgan fingerprint density at radius 1 is 1.55 bits per heavy atom. The van der Waals surface area contributed by atoms with Crippen LogP contribution in [0.15, 0.2) is 12.1 Å². The largest absolute Gasteiger partial charge is 0.504 e. The predicted molar refractivity (Wildman–Crippen MR) is 89.1 cm³/mol. The van der Waals surface area contributed by atoms with Crippen molar-refractivity contribution in [2.24, 2.45) is 5.41 Å². The molecule has 3 rings (SSSR count). The fourth-order valence-corrected chi connectivity index (χ4v) is 4.95. The van der Waals surface area contributed by atoms with Crippen LogP contribution < -0.4 is 0 Å². The number of hydrogen-bond donors (Lipinski definition) is 1. The second-order valence-electron chi connectivity index (χ2n) is 6.18. The van der Waals surface area contributed by atoms with Gasteiger partial charge in [-0.2, -0.15) is 0 Å². The second kappa shape index (κ2) is 5.64. The Morgan fingerprint density at radius 3 is 2.95 bits per heavy atom. The normalized spacial score (nSPS) is 26.6. The van der Waals surface area contributed by atoms with E-state index in [1.807, 2.05) is 0 Å². The van der Waals surface area contributed by atoms with E-state index >= 15 is 0 Å². The van der Waals surface area contributed by atoms with Crippen LogP contribution >= 0.6 is 27.5 Å². The van der Waals surface area contributed by atoms with Crippen molar-refractivity contribution in [3.8, 4) is 5.75 Å². The quantitative estimate of drug-likeness (QED) is 0.738. The highest BCUT2D eigenvalue weighted by atomic mass is 79.9. The number of benzene rings is 1. The Kier molecular flexibility index (Phi) is 4.11. The van der Waals surface area contributed by atoms with Crippen molar-refractivity contribution in [2.75, 3.05) is 0 Å². The zero-order chi connectivity index (χ0) is 16.1. The van der Waals surface area contributed by atoms with Gasteiger partial charge in [-0.05, 0) is 41.7 Å². The molecule has 1 aromatic carbocycles. The van der Waals surface area contributed by atoms with E-state index in [1.165, 1.54) is 6.07 Å². The number of halogens is 3. The van der Waals surface area contributed by atoms with E-state index in [4.69, 9.17) is 11.6 Å². The van der Waals surface area contributed by atoms with E-state index in [0.29, 0.717) is 18.4 Å². The maximum Gasteiger partial charge on any atom is 0.170 e. The zero-order valence-electron chi connectivity index (χ0n) is 12.3. The Bertz CT molecular complexity index is 686. The highest BCUT2D eigenvalue weighted by Gasteiger charge is 2.50. The van der Waals surface area contributed by atoms with E-state index in [0.717, 1.165) is 30.4 Å². The topological polar surface area (TPSA) is 37.3 Å². The summed E-state index contributed by atoms with van der Waals surface area (Å²) in [7, 11) is 0. The number of rotatable bonds is 3. The van der Waals surface area contributed by atoms with Crippen LogP contribution in [0.2, 0.25) is 5.02 Å². The van der Waals surface area contributed by atoms with Crippen LogP contribution in [-0.4, -0.2) is 15.7 Å². The van der Waals surface area contributed by atoms with Crippen molar-refractivity contribution in [3.05, 3.63) is 34.1 Å². The van der Waals surface area contributed by atoms with Gasteiger partial charge in [-0.3, -0.25) is 4.79 Å². The van der Waals surface area contributed by atoms with Gasteiger partial charge in [-0.25, -0.2) is 4.39 Å². The molecular formula is C17H17BrClFO2. The first kappa shape index (κ1) is 16.0. The molecule has 0 saturated carbocycles. The van der Waals surface area contributed by atoms with Gasteiger partial charge in [0.1, 0.15) is 0 Å². The molecule has 22 heavy (non-hydrogen) atoms. The molecule has 2 unspecified atom stereocenters. The van der Waals surface area contributed by atoms with Crippen molar-refractivity contribution < 1.29 is 14.3 Å². The average molecular weight is 388 g/mol. The zero-order valence-corrected chi connectivity index (χ0v) is 14.6. The standard InChI is InChI=1S/C17H17BrClFO2/c1-2-3-4-17-8-9(21)5-12(17)10-6-13(20)16(22)15(19)11(10)7-14(17)18/h5-6,14,22H,2-4,7-8H2,1H3. The van der Waals surface area contributed by atoms with Gasteiger partial charge in [-0.15, -0.1) is 0 Å². The number of carbonyl (C=O) groups is 1. The van der Waals surface area contributed by atoms with Gasteiger partial charge in [0.2, 0.25) is 0 Å². The van der Waals surface area contributed by atoms with Gasteiger partial charge in [0, 0.05) is 16.7 Å². The van der Waals surface area contributed by atoms with Crippen LogP contribution in [0.25, 0.3) is 5.57 Å². The molecule has 0 amide bonds. The van der Waals surface area contributed by atoms with Gasteiger partial charge in [0.15, 0.2) is 17.3 Å². The molecule has 0 bridgehead atoms. The highest BCUT2D eigenvalue weighted by Crippen LogP contribution is 2.58. The monoisotopic (exact) mass is 386 g/mol. The lowest BCUT2D eigenvalue weighted by Gasteiger charge is -2.42. The molecule has 0 radical (unpaired) electrons. The fraction of sp³-hybridized carbons (Fsp3) is 0.471. The van der Waals surface area contributed by atoms with Gasteiger partial charge < -0.3 is 5.11 Å². The summed E-state index contributed by atoms with van der Waals surface area (Å²) in [6, 6.07) is 1.32. The van der Waals surface area contributed by atoms with Crippen molar-refractivity contribution >= 4 is 38.9 Å². The predicted octanol–water partition coefficient (Wildman–Crippen LogP) is 5.04. The molecule has 0 heterocycles. The Morgan fingerprint density at radius 2 is 2.27 bits per heavy atom. The number of ketones is 1. The van der Waals surface area contributed by atoms with Crippen LogP contribution in [0.3, 0.4) is 0 Å². The Hall–Kier alpha value is -0.870. The van der Waals surface area contributed by atoms with Gasteiger partial charge in [0.05, 0.1) is 5.02 Å². The molecule has 0 spiro atoms. The van der Waals surface area contributed by atoms with Crippen molar-refractivity contribution in [3.63, 3.8) is 0 Å². The highest BCUT2D eigenvalue weighted by molar-refractivity contribution is 9.09. The summed E-state index contributed by atoms with van der Waals surface area (Å²) in [5.41, 5.74) is 1.98. The maximum atomic E-state index is 13.9. The summed E-state index contributed by atoms with van der Waals surface area (Å²) in [6.07, 6.45) is 5.61. The SMILES string of the molecule is CCCCC12CC(=O)C=C1c1cc(F)c(O)c(Cl)c1CC2Br. The molecular weight excluding hydrogens is 371 g/mol. The van der Waals surface area contributed by atoms with E-state index in [1.54, 1.807) is 6.08 Å². The van der Waals surface area contributed by atoms with Crippen molar-refractivity contribution in [1.82, 2.24) is 0 Å². The third kappa shape index (κ3) is 2.23. The van der Waals surface area contributed by atoms with E-state index < -0.39 is 11.6 Å². The van der Waals surface area contributed by atoms with Crippen LogP contribution in [-0.2, 0) is 11.2 Å². The third-order valence-corrected chi connectivity index (χ3v) is 6.48. The van der Waals surface area contributed by atoms with Gasteiger partial charge in [-0.1, -0.05) is 47.3 Å². The average Bonchev–Trinajstić information content (AvgIpc) is 2.83. The third-order valence-electron chi connectivity index (χ3n) is 4.88. The molecule has 2 atom stereocenters. The first-order chi connectivity index (χ1) is 10.4. The molecule has 0 aromatic heterocycles. The summed E-state index contributed by atoms with van der Waals surface area (Å²) in [5, 5.41) is 9.80. The first-order valence-corrected chi connectivity index (χ1v) is 8.79. The number of fused-ring (bicyclic) bond motifs is 3. The minimum absolute atomic E-state index is 0.0547. The molecule has 1 N–H and O–H groups in total. The maximum absolute atomic E-state index is 13.9. The first-order valence-electron chi connectivity index (χ1n) is 7.50. The molecule has 0 aliphatic heterocycles. The number of hydrogen-bond acceptors (Lipinski definition) is 2. The number of phenolic OH excluding ortho intramolecular Hbond substituents is 1. The second-order valence-corrected chi connectivity index (χ2v) is 7.66. The minimum Gasteiger partial charge on any atom is -0.504 e. The van der Waals surface area contributed by atoms with Crippen LogP contribution in [0.1, 0.15) is 43.7 Å². The summed E-state index contributed by atoms with van der Waals surface area (Å²) in [5.74, 6) is -1.17. The van der Waals surface area contributed by atoms with Gasteiger partial charge >= 0.3 is 0 Å². The Labute approximate surface area is 142 Å². The molecule has 0 fully saturated rings. The number of allylic oxidation sites excluding steroid dienone is 2. The molecule has 1 aromatic rings. The van der Waals surface area contributed by atoms with Gasteiger partial charge in [0.25, 0.3) is 0 Å². The lowest BCUT2D eigenvalue weighted by atomic mass is 9.66. The number of carbonyl (C=O) groups excluding carboxylic acids is 1. The number of unbranched alkanes of at least 4 members (excludes halogenated alkanes) is 1.